The predicted octanol–water partition coefficient (Wildman–Crippen LogP) is 1.43. The first-order chi connectivity index (χ1) is 13.6. The average Bonchev–Trinajstić information content (AvgIpc) is 3.20. The Hall–Kier alpha value is -2.40. The molecule has 2 N–H and O–H groups in total. The molecule has 11 heteroatoms. The second-order valence-electron chi connectivity index (χ2n) is 7.19. The number of carbonyl (C=O) groups is 2. The highest BCUT2D eigenvalue weighted by Crippen LogP contribution is 2.33. The summed E-state index contributed by atoms with van der Waals surface area (Å²) in [7, 11) is 3.51. The maximum absolute atomic E-state index is 11.7. The van der Waals surface area contributed by atoms with Crippen molar-refractivity contribution in [3.63, 3.8) is 0 Å². The van der Waals surface area contributed by atoms with Gasteiger partial charge in [0, 0.05) is 58.3 Å². The van der Waals surface area contributed by atoms with Gasteiger partial charge >= 0.3 is 18.2 Å². The molecule has 0 radical (unpaired) electrons. The van der Waals surface area contributed by atoms with Crippen LogP contribution >= 0.6 is 0 Å². The number of hydrogen-bond donors (Lipinski definition) is 2. The maximum atomic E-state index is 11.7. The van der Waals surface area contributed by atoms with E-state index < -0.39 is 12.1 Å². The lowest BCUT2D eigenvalue weighted by Gasteiger charge is -2.20. The fourth-order valence-electron chi connectivity index (χ4n) is 3.32. The van der Waals surface area contributed by atoms with Gasteiger partial charge in [-0.2, -0.15) is 13.2 Å². The summed E-state index contributed by atoms with van der Waals surface area (Å²) in [5.41, 5.74) is 1.10. The van der Waals surface area contributed by atoms with Crippen molar-refractivity contribution in [3.8, 4) is 0 Å². The minimum atomic E-state index is -5.08. The smallest absolute Gasteiger partial charge is 0.475 e. The van der Waals surface area contributed by atoms with E-state index in [2.05, 4.69) is 21.3 Å². The lowest BCUT2D eigenvalue weighted by atomic mass is 9.93. The molecule has 2 aliphatic rings. The number of amides is 2. The van der Waals surface area contributed by atoms with Crippen LogP contribution in [-0.4, -0.2) is 84.5 Å². The quantitative estimate of drug-likeness (QED) is 0.768. The Bertz CT molecular complexity index is 687. The molecule has 1 aromatic rings. The number of ether oxygens (including phenoxy) is 1. The zero-order chi connectivity index (χ0) is 21.6. The number of rotatable bonds is 4. The number of alkyl halides is 3. The first kappa shape index (κ1) is 22.9. The average molecular weight is 418 g/mol. The van der Waals surface area contributed by atoms with Gasteiger partial charge in [-0.1, -0.05) is 6.07 Å². The number of aromatic nitrogens is 1. The van der Waals surface area contributed by atoms with Crippen LogP contribution < -0.4 is 5.32 Å². The van der Waals surface area contributed by atoms with Crippen molar-refractivity contribution >= 4 is 12.0 Å². The Balaban J connectivity index is 0.000000370. The third-order valence-corrected chi connectivity index (χ3v) is 4.79. The van der Waals surface area contributed by atoms with Crippen molar-refractivity contribution in [2.75, 3.05) is 40.3 Å². The summed E-state index contributed by atoms with van der Waals surface area (Å²) in [5, 5.41) is 10.1. The molecule has 2 saturated heterocycles. The molecule has 0 saturated carbocycles. The lowest BCUT2D eigenvalue weighted by Crippen LogP contribution is -2.39. The molecule has 0 aliphatic carbocycles. The molecule has 0 aromatic carbocycles. The summed E-state index contributed by atoms with van der Waals surface area (Å²) < 4.78 is 37.7. The van der Waals surface area contributed by atoms with Gasteiger partial charge in [-0.3, -0.25) is 9.88 Å². The molecule has 3 heterocycles. The van der Waals surface area contributed by atoms with Crippen molar-refractivity contribution in [3.05, 3.63) is 30.1 Å². The Morgan fingerprint density at radius 2 is 2.03 bits per heavy atom. The number of urea groups is 1. The van der Waals surface area contributed by atoms with Gasteiger partial charge in [0.25, 0.3) is 0 Å². The first-order valence-electron chi connectivity index (χ1n) is 9.07. The summed E-state index contributed by atoms with van der Waals surface area (Å²) in [4.78, 5) is 28.9. The fraction of sp³-hybridized carbons (Fsp3) is 0.611. The summed E-state index contributed by atoms with van der Waals surface area (Å²) in [6.45, 7) is 4.28. The van der Waals surface area contributed by atoms with E-state index in [1.807, 2.05) is 18.3 Å². The van der Waals surface area contributed by atoms with Crippen molar-refractivity contribution in [2.24, 2.45) is 11.8 Å². The topological polar surface area (TPSA) is 95.0 Å². The molecule has 0 unspecified atom stereocenters. The summed E-state index contributed by atoms with van der Waals surface area (Å²) in [6, 6.07) is 5.99. The van der Waals surface area contributed by atoms with Crippen LogP contribution in [0.25, 0.3) is 0 Å². The Labute approximate surface area is 166 Å². The standard InChI is InChI=1S/C16H24N4O2.C2HF3O2/c1-19(2)16(21)18-7-12-11-22-15-10-20(9-14(12)15)8-13-5-3-4-6-17-13;3-2(4,5)1(6)7/h3-6,12,14-15H,7-11H2,1-2H3,(H,18,21);(H,6,7)/t12-,14-,15-;/m1./s1. The second kappa shape index (κ2) is 9.88. The van der Waals surface area contributed by atoms with Crippen LogP contribution in [0.15, 0.2) is 24.4 Å². The van der Waals surface area contributed by atoms with E-state index in [9.17, 15) is 18.0 Å². The molecule has 3 rings (SSSR count). The number of pyridine rings is 1. The number of likely N-dealkylation sites (tertiary alicyclic amines) is 1. The van der Waals surface area contributed by atoms with Crippen LogP contribution in [0.1, 0.15) is 5.69 Å². The van der Waals surface area contributed by atoms with E-state index in [-0.39, 0.29) is 6.03 Å². The summed E-state index contributed by atoms with van der Waals surface area (Å²) in [6.07, 6.45) is -2.95. The molecular formula is C18H25F3N4O4. The van der Waals surface area contributed by atoms with Gasteiger partial charge < -0.3 is 20.1 Å². The van der Waals surface area contributed by atoms with Gasteiger partial charge in [-0.15, -0.1) is 0 Å². The van der Waals surface area contributed by atoms with Crippen molar-refractivity contribution in [1.29, 1.82) is 0 Å². The van der Waals surface area contributed by atoms with Crippen LogP contribution in [-0.2, 0) is 16.1 Å². The number of hydrogen-bond acceptors (Lipinski definition) is 5. The third kappa shape index (κ3) is 6.86. The second-order valence-corrected chi connectivity index (χ2v) is 7.19. The normalized spacial score (nSPS) is 23.7. The molecule has 2 amide bonds. The van der Waals surface area contributed by atoms with Gasteiger partial charge in [0.1, 0.15) is 0 Å². The Kier molecular flexibility index (Phi) is 7.80. The highest BCUT2D eigenvalue weighted by molar-refractivity contribution is 5.73. The van der Waals surface area contributed by atoms with Crippen molar-refractivity contribution in [1.82, 2.24) is 20.1 Å². The molecule has 2 aliphatic heterocycles. The maximum Gasteiger partial charge on any atom is 0.490 e. The molecule has 0 spiro atoms. The number of carbonyl (C=O) groups excluding carboxylic acids is 1. The van der Waals surface area contributed by atoms with Crippen LogP contribution in [0.2, 0.25) is 0 Å². The van der Waals surface area contributed by atoms with Gasteiger partial charge in [-0.25, -0.2) is 9.59 Å². The van der Waals surface area contributed by atoms with E-state index in [1.54, 1.807) is 19.0 Å². The highest BCUT2D eigenvalue weighted by Gasteiger charge is 2.43. The fourth-order valence-corrected chi connectivity index (χ4v) is 3.32. The summed E-state index contributed by atoms with van der Waals surface area (Å²) in [5.74, 6) is -1.85. The highest BCUT2D eigenvalue weighted by atomic mass is 19.4. The van der Waals surface area contributed by atoms with Crippen LogP contribution in [0.4, 0.5) is 18.0 Å². The Morgan fingerprint density at radius 3 is 2.59 bits per heavy atom. The van der Waals surface area contributed by atoms with Crippen LogP contribution in [0.3, 0.4) is 0 Å². The number of halogens is 3. The number of carboxylic acids is 1. The van der Waals surface area contributed by atoms with Crippen molar-refractivity contribution < 1.29 is 32.6 Å². The van der Waals surface area contributed by atoms with Gasteiger partial charge in [0.15, 0.2) is 0 Å². The third-order valence-electron chi connectivity index (χ3n) is 4.79. The van der Waals surface area contributed by atoms with Gasteiger partial charge in [0.05, 0.1) is 18.4 Å². The molecule has 162 valence electrons. The minimum Gasteiger partial charge on any atom is -0.475 e. The lowest BCUT2D eigenvalue weighted by molar-refractivity contribution is -0.192. The van der Waals surface area contributed by atoms with Crippen molar-refractivity contribution in [2.45, 2.75) is 18.8 Å². The Morgan fingerprint density at radius 1 is 1.34 bits per heavy atom. The van der Waals surface area contributed by atoms with Crippen LogP contribution in [0.5, 0.6) is 0 Å². The first-order valence-corrected chi connectivity index (χ1v) is 9.07. The molecule has 1 aromatic heterocycles. The SMILES string of the molecule is CN(C)C(=O)NC[C@@H]1CO[C@@H]2CN(Cc3ccccn3)C[C@H]12.O=C(O)C(F)(F)F. The van der Waals surface area contributed by atoms with E-state index in [0.29, 0.717) is 24.5 Å². The number of nitrogens with zero attached hydrogens (tertiary/aromatic N) is 3. The molecule has 3 atom stereocenters. The van der Waals surface area contributed by atoms with Crippen LogP contribution in [0, 0.1) is 11.8 Å². The molecule has 2 fully saturated rings. The van der Waals surface area contributed by atoms with E-state index in [4.69, 9.17) is 14.6 Å². The van der Waals surface area contributed by atoms with Gasteiger partial charge in [-0.05, 0) is 12.1 Å². The summed E-state index contributed by atoms with van der Waals surface area (Å²) >= 11 is 0. The molecule has 29 heavy (non-hydrogen) atoms. The number of aliphatic carboxylic acids is 1. The zero-order valence-electron chi connectivity index (χ0n) is 16.2. The van der Waals surface area contributed by atoms with E-state index in [1.165, 1.54) is 0 Å². The monoisotopic (exact) mass is 418 g/mol. The van der Waals surface area contributed by atoms with Gasteiger partial charge in [0.2, 0.25) is 0 Å². The molecular weight excluding hydrogens is 393 g/mol. The van der Waals surface area contributed by atoms with E-state index in [0.717, 1.165) is 31.9 Å². The number of nitrogens with one attached hydrogen (secondary N) is 1. The predicted molar refractivity (Wildman–Crippen MR) is 97.0 cm³/mol. The number of carboxylic acid groups (broad SMARTS) is 1. The zero-order valence-corrected chi connectivity index (χ0v) is 16.2. The molecule has 8 nitrogen and oxygen atoms in total. The van der Waals surface area contributed by atoms with E-state index >= 15 is 0 Å². The largest absolute Gasteiger partial charge is 0.490 e. The number of fused-ring (bicyclic) bond motifs is 1. The molecule has 0 bridgehead atoms. The minimum absolute atomic E-state index is 0.0354.